The molecule has 19 heavy (non-hydrogen) atoms. The van der Waals surface area contributed by atoms with Crippen LogP contribution in [0.2, 0.25) is 0 Å². The van der Waals surface area contributed by atoms with Crippen LogP contribution in [0.5, 0.6) is 0 Å². The van der Waals surface area contributed by atoms with Crippen molar-refractivity contribution in [2.24, 2.45) is 0 Å². The minimum Gasteiger partial charge on any atom is -0.307 e. The molecule has 0 spiro atoms. The summed E-state index contributed by atoms with van der Waals surface area (Å²) < 4.78 is 0. The van der Waals surface area contributed by atoms with Crippen LogP contribution in [0.3, 0.4) is 0 Å². The molecule has 2 aliphatic heterocycles. The molecule has 3 rings (SSSR count). The van der Waals surface area contributed by atoms with Gasteiger partial charge in [-0.2, -0.15) is 11.8 Å². The molecule has 3 heteroatoms. The molecule has 3 unspecified atom stereocenters. The van der Waals surface area contributed by atoms with E-state index < -0.39 is 0 Å². The molecule has 1 N–H and O–H groups in total. The number of rotatable bonds is 2. The molecule has 2 fully saturated rings. The van der Waals surface area contributed by atoms with Crippen LogP contribution in [0, 0.1) is 0 Å². The molecule has 1 aromatic rings. The van der Waals surface area contributed by atoms with Gasteiger partial charge in [-0.05, 0) is 31.1 Å². The van der Waals surface area contributed by atoms with Gasteiger partial charge in [0.1, 0.15) is 0 Å². The van der Waals surface area contributed by atoms with Crippen LogP contribution in [-0.4, -0.2) is 41.6 Å². The van der Waals surface area contributed by atoms with Crippen molar-refractivity contribution in [3.63, 3.8) is 0 Å². The minimum atomic E-state index is 0.504. The fourth-order valence-corrected chi connectivity index (χ4v) is 4.46. The fourth-order valence-electron chi connectivity index (χ4n) is 3.29. The summed E-state index contributed by atoms with van der Waals surface area (Å²) in [6.07, 6.45) is 2.78. The van der Waals surface area contributed by atoms with Gasteiger partial charge in [0.15, 0.2) is 0 Å². The molecule has 0 radical (unpaired) electrons. The van der Waals surface area contributed by atoms with Crippen LogP contribution in [-0.2, 0) is 0 Å². The Morgan fingerprint density at radius 1 is 1.26 bits per heavy atom. The van der Waals surface area contributed by atoms with E-state index in [4.69, 9.17) is 0 Å². The smallest absolute Gasteiger partial charge is 0.0450 e. The Labute approximate surface area is 121 Å². The Kier molecular flexibility index (Phi) is 4.46. The Bertz CT molecular complexity index is 389. The third-order valence-corrected chi connectivity index (χ3v) is 5.62. The summed E-state index contributed by atoms with van der Waals surface area (Å²) in [5, 5.41) is 3.71. The number of thioether (sulfide) groups is 1. The molecule has 0 aromatic heterocycles. The van der Waals surface area contributed by atoms with Gasteiger partial charge in [0, 0.05) is 37.0 Å². The average molecular weight is 276 g/mol. The number of benzene rings is 1. The van der Waals surface area contributed by atoms with Crippen molar-refractivity contribution in [2.75, 3.05) is 24.6 Å². The largest absolute Gasteiger partial charge is 0.307 e. The number of hydrogen-bond donors (Lipinski definition) is 1. The van der Waals surface area contributed by atoms with Gasteiger partial charge < -0.3 is 5.32 Å². The van der Waals surface area contributed by atoms with E-state index in [1.165, 1.54) is 29.9 Å². The second-order valence-electron chi connectivity index (χ2n) is 5.79. The maximum Gasteiger partial charge on any atom is 0.0450 e. The Hall–Kier alpha value is -0.510. The summed E-state index contributed by atoms with van der Waals surface area (Å²) in [6.45, 7) is 4.64. The van der Waals surface area contributed by atoms with Gasteiger partial charge in [-0.3, -0.25) is 4.90 Å². The Morgan fingerprint density at radius 3 is 2.84 bits per heavy atom. The van der Waals surface area contributed by atoms with Gasteiger partial charge in [0.25, 0.3) is 0 Å². The van der Waals surface area contributed by atoms with E-state index in [9.17, 15) is 0 Å². The molecule has 0 amide bonds. The normalized spacial score (nSPS) is 33.2. The summed E-state index contributed by atoms with van der Waals surface area (Å²) >= 11 is 2.13. The summed E-state index contributed by atoms with van der Waals surface area (Å²) in [6, 6.07) is 12.9. The number of nitrogens with one attached hydrogen (secondary N) is 1. The van der Waals surface area contributed by atoms with Gasteiger partial charge in [-0.15, -0.1) is 0 Å². The highest BCUT2D eigenvalue weighted by molar-refractivity contribution is 7.99. The molecule has 2 saturated heterocycles. The molecule has 104 valence electrons. The maximum atomic E-state index is 3.71. The van der Waals surface area contributed by atoms with E-state index in [1.807, 2.05) is 0 Å². The van der Waals surface area contributed by atoms with E-state index in [1.54, 1.807) is 0 Å². The summed E-state index contributed by atoms with van der Waals surface area (Å²) in [4.78, 5) is 2.75. The quantitative estimate of drug-likeness (QED) is 0.894. The van der Waals surface area contributed by atoms with Crippen molar-refractivity contribution >= 4 is 11.8 Å². The zero-order chi connectivity index (χ0) is 13.1. The highest BCUT2D eigenvalue weighted by Gasteiger charge is 2.31. The molecule has 3 atom stereocenters. The predicted molar refractivity (Wildman–Crippen MR) is 83.7 cm³/mol. The van der Waals surface area contributed by atoms with Crippen molar-refractivity contribution in [1.82, 2.24) is 10.2 Å². The average Bonchev–Trinajstić information content (AvgIpc) is 2.49. The lowest BCUT2D eigenvalue weighted by atomic mass is 9.99. The van der Waals surface area contributed by atoms with Crippen LogP contribution in [0.1, 0.15) is 31.4 Å². The Morgan fingerprint density at radius 2 is 2.11 bits per heavy atom. The topological polar surface area (TPSA) is 15.3 Å². The third kappa shape index (κ3) is 3.15. The first-order valence-electron chi connectivity index (χ1n) is 7.46. The lowest BCUT2D eigenvalue weighted by molar-refractivity contribution is 0.0949. The van der Waals surface area contributed by atoms with E-state index >= 15 is 0 Å². The van der Waals surface area contributed by atoms with Gasteiger partial charge >= 0.3 is 0 Å². The van der Waals surface area contributed by atoms with E-state index in [-0.39, 0.29) is 0 Å². The monoisotopic (exact) mass is 276 g/mol. The van der Waals surface area contributed by atoms with Crippen LogP contribution in [0.4, 0.5) is 0 Å². The van der Waals surface area contributed by atoms with Crippen LogP contribution in [0.15, 0.2) is 30.3 Å². The SMILES string of the molecule is CC1CNC(c2ccccc2)CN1C1CCCSC1. The first-order valence-corrected chi connectivity index (χ1v) is 8.62. The van der Waals surface area contributed by atoms with Gasteiger partial charge in [-0.1, -0.05) is 30.3 Å². The molecule has 2 nitrogen and oxygen atoms in total. The second-order valence-corrected chi connectivity index (χ2v) is 6.94. The maximum absolute atomic E-state index is 3.71. The molecule has 0 aliphatic carbocycles. The lowest BCUT2D eigenvalue weighted by Crippen LogP contribution is -2.56. The van der Waals surface area contributed by atoms with Crippen molar-refractivity contribution < 1.29 is 0 Å². The highest BCUT2D eigenvalue weighted by Crippen LogP contribution is 2.27. The van der Waals surface area contributed by atoms with E-state index in [2.05, 4.69) is 59.2 Å². The second kappa shape index (κ2) is 6.29. The molecule has 0 saturated carbocycles. The number of hydrogen-bond acceptors (Lipinski definition) is 3. The van der Waals surface area contributed by atoms with Crippen molar-refractivity contribution in [2.45, 2.75) is 37.9 Å². The van der Waals surface area contributed by atoms with E-state index in [0.29, 0.717) is 12.1 Å². The third-order valence-electron chi connectivity index (χ3n) is 4.43. The van der Waals surface area contributed by atoms with Crippen LogP contribution < -0.4 is 5.32 Å². The first-order chi connectivity index (χ1) is 9.34. The number of piperazine rings is 1. The fraction of sp³-hybridized carbons (Fsp3) is 0.625. The molecular formula is C16H24N2S. The predicted octanol–water partition coefficient (Wildman–Crippen LogP) is 2.92. The highest BCUT2D eigenvalue weighted by atomic mass is 32.2. The Balaban J connectivity index is 1.70. The van der Waals surface area contributed by atoms with Crippen molar-refractivity contribution in [1.29, 1.82) is 0 Å². The van der Waals surface area contributed by atoms with Gasteiger partial charge in [0.05, 0.1) is 0 Å². The number of nitrogens with zero attached hydrogens (tertiary/aromatic N) is 1. The zero-order valence-electron chi connectivity index (χ0n) is 11.7. The molecule has 0 bridgehead atoms. The van der Waals surface area contributed by atoms with Crippen LogP contribution >= 0.6 is 11.8 Å². The van der Waals surface area contributed by atoms with E-state index in [0.717, 1.165) is 19.1 Å². The standard InChI is InChI=1S/C16H24N2S/c1-13-10-17-16(14-6-3-2-4-7-14)11-18(13)15-8-5-9-19-12-15/h2-4,6-7,13,15-17H,5,8-12H2,1H3. The molecular weight excluding hydrogens is 252 g/mol. The lowest BCUT2D eigenvalue weighted by Gasteiger charge is -2.44. The molecule has 2 heterocycles. The summed E-state index contributed by atoms with van der Waals surface area (Å²) in [5.74, 6) is 2.69. The molecule has 1 aromatic carbocycles. The van der Waals surface area contributed by atoms with Gasteiger partial charge in [0.2, 0.25) is 0 Å². The van der Waals surface area contributed by atoms with Crippen molar-refractivity contribution in [3.05, 3.63) is 35.9 Å². The van der Waals surface area contributed by atoms with Crippen LogP contribution in [0.25, 0.3) is 0 Å². The summed E-state index contributed by atoms with van der Waals surface area (Å²) in [7, 11) is 0. The van der Waals surface area contributed by atoms with Gasteiger partial charge in [-0.25, -0.2) is 0 Å². The first kappa shape index (κ1) is 13.5. The minimum absolute atomic E-state index is 0.504. The molecule has 2 aliphatic rings. The van der Waals surface area contributed by atoms with Crippen molar-refractivity contribution in [3.8, 4) is 0 Å². The zero-order valence-corrected chi connectivity index (χ0v) is 12.5. The summed E-state index contributed by atoms with van der Waals surface area (Å²) in [5.41, 5.74) is 1.43.